The normalized spacial score (nSPS) is 13.9. The van der Waals surface area contributed by atoms with Crippen molar-refractivity contribution in [3.05, 3.63) is 0 Å². The SMILES string of the molecule is CCCCCCCCCCCCCCCCCCCCCCC(=O)O[C@H](COC(=O)CCCCCCCCCCCCCCCCCC(C)C)COP(=O)(O)OC[C@@H](O)COP(=O)(O)OC[C@@H](COC(=O)CCCCCCCCCC)OC(=O)CCCCCCCCCCCCCCCC(C)C. The van der Waals surface area contributed by atoms with Crippen LogP contribution in [0.2, 0.25) is 0 Å². The van der Waals surface area contributed by atoms with Crippen molar-refractivity contribution in [2.45, 2.75) is 458 Å². The van der Waals surface area contributed by atoms with Gasteiger partial charge in [0.2, 0.25) is 0 Å². The minimum absolute atomic E-state index is 0.107. The molecule has 5 atom stereocenters. The van der Waals surface area contributed by atoms with Gasteiger partial charge in [0.15, 0.2) is 12.2 Å². The van der Waals surface area contributed by atoms with Crippen molar-refractivity contribution in [1.82, 2.24) is 0 Å². The van der Waals surface area contributed by atoms with Gasteiger partial charge in [0.1, 0.15) is 19.3 Å². The van der Waals surface area contributed by atoms with Gasteiger partial charge in [-0.05, 0) is 37.5 Å². The van der Waals surface area contributed by atoms with Crippen LogP contribution in [0.15, 0.2) is 0 Å². The van der Waals surface area contributed by atoms with Crippen LogP contribution in [0.4, 0.5) is 0 Å². The number of carbonyl (C=O) groups excluding carboxylic acids is 4. The highest BCUT2D eigenvalue weighted by molar-refractivity contribution is 7.47. The monoisotopic (exact) mass is 1490 g/mol. The number of aliphatic hydroxyl groups excluding tert-OH is 1. The van der Waals surface area contributed by atoms with E-state index in [0.717, 1.165) is 108 Å². The minimum atomic E-state index is -4.96. The number of hydrogen-bond donors (Lipinski definition) is 3. The van der Waals surface area contributed by atoms with Gasteiger partial charge in [0.05, 0.1) is 26.4 Å². The van der Waals surface area contributed by atoms with Crippen LogP contribution in [-0.4, -0.2) is 96.7 Å². The molecule has 0 aliphatic rings. The van der Waals surface area contributed by atoms with E-state index in [1.807, 2.05) is 0 Å². The summed E-state index contributed by atoms with van der Waals surface area (Å²) in [5, 5.41) is 10.6. The molecule has 0 aliphatic heterocycles. The van der Waals surface area contributed by atoms with Gasteiger partial charge in [-0.15, -0.1) is 0 Å². The number of phosphoric ester groups is 2. The van der Waals surface area contributed by atoms with E-state index in [4.69, 9.17) is 37.0 Å². The Morgan fingerprint density at radius 2 is 0.451 bits per heavy atom. The lowest BCUT2D eigenvalue weighted by Crippen LogP contribution is -2.30. The zero-order chi connectivity index (χ0) is 74.9. The molecule has 0 aromatic rings. The topological polar surface area (TPSA) is 237 Å². The first-order chi connectivity index (χ1) is 49.4. The summed E-state index contributed by atoms with van der Waals surface area (Å²) in [5.41, 5.74) is 0. The maximum atomic E-state index is 13.1. The number of esters is 4. The molecule has 0 spiro atoms. The highest BCUT2D eigenvalue weighted by Crippen LogP contribution is 2.45. The molecule has 0 amide bonds. The van der Waals surface area contributed by atoms with Gasteiger partial charge in [-0.3, -0.25) is 37.3 Å². The molecule has 17 nitrogen and oxygen atoms in total. The van der Waals surface area contributed by atoms with Crippen molar-refractivity contribution < 1.29 is 80.2 Å². The lowest BCUT2D eigenvalue weighted by atomic mass is 10.0. The number of hydrogen-bond acceptors (Lipinski definition) is 15. The smallest absolute Gasteiger partial charge is 0.462 e. The van der Waals surface area contributed by atoms with Crippen LogP contribution in [0.25, 0.3) is 0 Å². The molecule has 19 heteroatoms. The third kappa shape index (κ3) is 76.3. The third-order valence-electron chi connectivity index (χ3n) is 19.5. The largest absolute Gasteiger partial charge is 0.472 e. The average molecular weight is 1490 g/mol. The Morgan fingerprint density at radius 3 is 0.667 bits per heavy atom. The zero-order valence-electron chi connectivity index (χ0n) is 66.9. The molecular formula is C83H162O17P2. The van der Waals surface area contributed by atoms with Crippen LogP contribution in [0.5, 0.6) is 0 Å². The summed E-state index contributed by atoms with van der Waals surface area (Å²) < 4.78 is 68.7. The second-order valence-corrected chi connectivity index (χ2v) is 33.7. The third-order valence-corrected chi connectivity index (χ3v) is 21.4. The molecule has 0 radical (unpaired) electrons. The van der Waals surface area contributed by atoms with Gasteiger partial charge in [-0.1, -0.05) is 388 Å². The second kappa shape index (κ2) is 74.5. The number of rotatable bonds is 82. The van der Waals surface area contributed by atoms with Crippen molar-refractivity contribution in [3.8, 4) is 0 Å². The van der Waals surface area contributed by atoms with Crippen LogP contribution in [0.1, 0.15) is 440 Å². The van der Waals surface area contributed by atoms with Gasteiger partial charge in [-0.2, -0.15) is 0 Å². The molecule has 0 bridgehead atoms. The van der Waals surface area contributed by atoms with Crippen LogP contribution < -0.4 is 0 Å². The molecule has 0 aromatic carbocycles. The number of phosphoric acid groups is 2. The fraction of sp³-hybridized carbons (Fsp3) is 0.952. The maximum Gasteiger partial charge on any atom is 0.472 e. The van der Waals surface area contributed by atoms with Gasteiger partial charge >= 0.3 is 39.5 Å². The van der Waals surface area contributed by atoms with E-state index in [1.165, 1.54) is 250 Å². The van der Waals surface area contributed by atoms with Crippen molar-refractivity contribution in [3.63, 3.8) is 0 Å². The van der Waals surface area contributed by atoms with E-state index in [9.17, 15) is 43.2 Å². The minimum Gasteiger partial charge on any atom is -0.462 e. The van der Waals surface area contributed by atoms with Gasteiger partial charge in [0, 0.05) is 25.7 Å². The maximum absolute atomic E-state index is 13.1. The summed E-state index contributed by atoms with van der Waals surface area (Å²) in [6, 6.07) is 0. The molecule has 606 valence electrons. The van der Waals surface area contributed by atoms with E-state index in [0.29, 0.717) is 25.7 Å². The predicted octanol–water partition coefficient (Wildman–Crippen LogP) is 25.1. The first kappa shape index (κ1) is 100. The summed E-state index contributed by atoms with van der Waals surface area (Å²) in [6.45, 7) is 9.67. The molecule has 2 unspecified atom stereocenters. The molecule has 102 heavy (non-hydrogen) atoms. The average Bonchev–Trinajstić information content (AvgIpc) is 0.908. The Hall–Kier alpha value is -1.94. The second-order valence-electron chi connectivity index (χ2n) is 30.8. The van der Waals surface area contributed by atoms with Crippen molar-refractivity contribution >= 4 is 39.5 Å². The standard InChI is InChI=1S/C83H162O17P2/c1-7-9-11-13-15-17-18-19-20-21-22-23-24-27-33-38-43-49-55-61-67-83(88)100-79(72-94-81(86)66-60-54-48-42-37-32-28-25-26-30-35-40-45-51-57-63-75(3)4)74-98-102(91,92)96-70-77(84)69-95-101(89,90)97-73-78(71-93-80(85)65-59-53-47-16-14-12-10-8-2)99-82(87)68-62-56-50-44-39-34-29-31-36-41-46-52-58-64-76(5)6/h75-79,84H,7-74H2,1-6H3,(H,89,90)(H,91,92)/t77-,78+,79+/m0/s1. The summed E-state index contributed by atoms with van der Waals surface area (Å²) in [6.07, 6.45) is 65.3. The fourth-order valence-electron chi connectivity index (χ4n) is 12.9. The molecule has 0 aromatic heterocycles. The quantitative estimate of drug-likeness (QED) is 0.0222. The lowest BCUT2D eigenvalue weighted by Gasteiger charge is -2.21. The van der Waals surface area contributed by atoms with Gasteiger partial charge < -0.3 is 33.8 Å². The number of carbonyl (C=O) groups is 4. The summed E-state index contributed by atoms with van der Waals surface area (Å²) in [4.78, 5) is 73.0. The van der Waals surface area contributed by atoms with Gasteiger partial charge in [0.25, 0.3) is 0 Å². The Morgan fingerprint density at radius 1 is 0.265 bits per heavy atom. The zero-order valence-corrected chi connectivity index (χ0v) is 68.7. The molecule has 0 fully saturated rings. The molecule has 0 rings (SSSR count). The first-order valence-electron chi connectivity index (χ1n) is 43.0. The van der Waals surface area contributed by atoms with E-state index in [-0.39, 0.29) is 25.7 Å². The van der Waals surface area contributed by atoms with Crippen LogP contribution in [-0.2, 0) is 65.4 Å². The summed E-state index contributed by atoms with van der Waals surface area (Å²) in [7, 11) is -9.92. The Labute approximate surface area is 626 Å². The van der Waals surface area contributed by atoms with Crippen LogP contribution in [0.3, 0.4) is 0 Å². The molecule has 0 saturated carbocycles. The van der Waals surface area contributed by atoms with Gasteiger partial charge in [-0.25, -0.2) is 9.13 Å². The van der Waals surface area contributed by atoms with E-state index < -0.39 is 97.5 Å². The number of aliphatic hydroxyl groups is 1. The molecule has 0 saturated heterocycles. The Kier molecular flexibility index (Phi) is 73.1. The number of unbranched alkanes of at least 4 members (excludes halogenated alkanes) is 52. The molecular weight excluding hydrogens is 1330 g/mol. The predicted molar refractivity (Wildman–Crippen MR) is 418 cm³/mol. The van der Waals surface area contributed by atoms with Crippen molar-refractivity contribution in [2.24, 2.45) is 11.8 Å². The number of ether oxygens (including phenoxy) is 4. The fourth-order valence-corrected chi connectivity index (χ4v) is 14.5. The van der Waals surface area contributed by atoms with Crippen LogP contribution >= 0.6 is 15.6 Å². The highest BCUT2D eigenvalue weighted by atomic mass is 31.2. The molecule has 0 heterocycles. The lowest BCUT2D eigenvalue weighted by molar-refractivity contribution is -0.161. The van der Waals surface area contributed by atoms with E-state index in [2.05, 4.69) is 41.5 Å². The van der Waals surface area contributed by atoms with E-state index in [1.54, 1.807) is 0 Å². The highest BCUT2D eigenvalue weighted by Gasteiger charge is 2.30. The molecule has 0 aliphatic carbocycles. The van der Waals surface area contributed by atoms with Crippen molar-refractivity contribution in [1.29, 1.82) is 0 Å². The first-order valence-corrected chi connectivity index (χ1v) is 46.0. The summed E-state index contributed by atoms with van der Waals surface area (Å²) in [5.74, 6) is -0.515. The van der Waals surface area contributed by atoms with Crippen molar-refractivity contribution in [2.75, 3.05) is 39.6 Å². The Balaban J connectivity index is 5.20. The van der Waals surface area contributed by atoms with Crippen LogP contribution in [0, 0.1) is 11.8 Å². The molecule has 3 N–H and O–H groups in total. The Bertz CT molecular complexity index is 1960. The summed E-state index contributed by atoms with van der Waals surface area (Å²) >= 11 is 0. The van der Waals surface area contributed by atoms with E-state index >= 15 is 0 Å².